The molecule has 5 aromatic carbocycles. The van der Waals surface area contributed by atoms with E-state index in [0.717, 1.165) is 5.39 Å². The summed E-state index contributed by atoms with van der Waals surface area (Å²) in [5.74, 6) is 0. The Hall–Kier alpha value is -4.43. The zero-order chi connectivity index (χ0) is 24.0. The molecule has 170 valence electrons. The van der Waals surface area contributed by atoms with E-state index in [1.165, 1.54) is 65.9 Å². The molecule has 36 heavy (non-hydrogen) atoms. The first-order valence-electron chi connectivity index (χ1n) is 12.6. The first-order valence-corrected chi connectivity index (χ1v) is 12.6. The molecule has 2 heterocycles. The lowest BCUT2D eigenvalue weighted by Gasteiger charge is -2.24. The number of rotatable bonds is 1. The number of hydrogen-bond acceptors (Lipinski definition) is 1. The third-order valence-electron chi connectivity index (χ3n) is 8.20. The van der Waals surface area contributed by atoms with Crippen molar-refractivity contribution in [2.24, 2.45) is 0 Å². The van der Waals surface area contributed by atoms with Crippen LogP contribution in [0.15, 0.2) is 109 Å². The van der Waals surface area contributed by atoms with Crippen LogP contribution in [0.5, 0.6) is 0 Å². The summed E-state index contributed by atoms with van der Waals surface area (Å²) < 4.78 is 2.50. The molecule has 0 radical (unpaired) electrons. The highest BCUT2D eigenvalue weighted by atomic mass is 15.0. The van der Waals surface area contributed by atoms with Crippen molar-refractivity contribution in [1.82, 2.24) is 9.55 Å². The Balaban J connectivity index is 1.66. The molecule has 0 atom stereocenters. The average Bonchev–Trinajstić information content (AvgIpc) is 3.38. The van der Waals surface area contributed by atoms with E-state index in [9.17, 15) is 0 Å². The SMILES string of the molecule is CC1(C)c2ccccc2-c2c1c1c(c3ccccc23)c2ccccc2n1-c1ccc2cnccc2c1. The van der Waals surface area contributed by atoms with Crippen molar-refractivity contribution in [3.8, 4) is 16.8 Å². The first kappa shape index (κ1) is 19.8. The molecule has 2 nitrogen and oxygen atoms in total. The quantitative estimate of drug-likeness (QED) is 0.239. The number of para-hydroxylation sites is 1. The average molecular weight is 461 g/mol. The molecule has 1 aliphatic rings. The van der Waals surface area contributed by atoms with Crippen LogP contribution in [0.25, 0.3) is 60.2 Å². The van der Waals surface area contributed by atoms with Gasteiger partial charge in [-0.05, 0) is 62.7 Å². The molecule has 0 N–H and O–H groups in total. The van der Waals surface area contributed by atoms with Crippen LogP contribution in [-0.4, -0.2) is 9.55 Å². The van der Waals surface area contributed by atoms with Gasteiger partial charge in [-0.3, -0.25) is 4.98 Å². The van der Waals surface area contributed by atoms with Crippen LogP contribution in [0.2, 0.25) is 0 Å². The molecule has 0 spiro atoms. The fourth-order valence-corrected chi connectivity index (χ4v) is 6.67. The Kier molecular flexibility index (Phi) is 3.76. The smallest absolute Gasteiger partial charge is 0.0594 e. The molecular formula is C34H24N2. The van der Waals surface area contributed by atoms with Crippen molar-refractivity contribution in [3.05, 3.63) is 121 Å². The molecule has 0 saturated carbocycles. The van der Waals surface area contributed by atoms with E-state index >= 15 is 0 Å². The Morgan fingerprint density at radius 1 is 0.694 bits per heavy atom. The van der Waals surface area contributed by atoms with E-state index < -0.39 is 0 Å². The third kappa shape index (κ3) is 2.39. The van der Waals surface area contributed by atoms with Gasteiger partial charge in [0.25, 0.3) is 0 Å². The predicted octanol–water partition coefficient (Wildman–Crippen LogP) is 8.79. The molecular weight excluding hydrogens is 436 g/mol. The molecule has 8 rings (SSSR count). The van der Waals surface area contributed by atoms with Crippen LogP contribution < -0.4 is 0 Å². The minimum atomic E-state index is -0.124. The maximum absolute atomic E-state index is 4.32. The second-order valence-electron chi connectivity index (χ2n) is 10.4. The number of aromatic nitrogens is 2. The van der Waals surface area contributed by atoms with Crippen LogP contribution in [-0.2, 0) is 5.41 Å². The van der Waals surface area contributed by atoms with E-state index in [1.54, 1.807) is 0 Å². The van der Waals surface area contributed by atoms with E-state index in [0.29, 0.717) is 0 Å². The maximum Gasteiger partial charge on any atom is 0.0594 e. The molecule has 0 aliphatic heterocycles. The Labute approximate surface area is 209 Å². The van der Waals surface area contributed by atoms with Gasteiger partial charge in [0.1, 0.15) is 0 Å². The van der Waals surface area contributed by atoms with E-state index in [4.69, 9.17) is 0 Å². The summed E-state index contributed by atoms with van der Waals surface area (Å²) in [5.41, 5.74) is 9.18. The van der Waals surface area contributed by atoms with Crippen LogP contribution in [0.4, 0.5) is 0 Å². The second-order valence-corrected chi connectivity index (χ2v) is 10.4. The minimum absolute atomic E-state index is 0.124. The largest absolute Gasteiger partial charge is 0.309 e. The van der Waals surface area contributed by atoms with Gasteiger partial charge in [0.05, 0.1) is 11.0 Å². The summed E-state index contributed by atoms with van der Waals surface area (Å²) in [4.78, 5) is 4.32. The van der Waals surface area contributed by atoms with Crippen molar-refractivity contribution in [1.29, 1.82) is 0 Å². The number of nitrogens with zero attached hydrogens (tertiary/aromatic N) is 2. The monoisotopic (exact) mass is 460 g/mol. The molecule has 0 bridgehead atoms. The molecule has 2 aromatic heterocycles. The summed E-state index contributed by atoms with van der Waals surface area (Å²) in [7, 11) is 0. The van der Waals surface area contributed by atoms with Crippen LogP contribution in [0, 0.1) is 0 Å². The maximum atomic E-state index is 4.32. The highest BCUT2D eigenvalue weighted by Crippen LogP contribution is 2.56. The Morgan fingerprint density at radius 3 is 2.33 bits per heavy atom. The van der Waals surface area contributed by atoms with Gasteiger partial charge in [0, 0.05) is 39.7 Å². The zero-order valence-corrected chi connectivity index (χ0v) is 20.3. The molecule has 0 saturated heterocycles. The number of benzene rings is 5. The van der Waals surface area contributed by atoms with Crippen molar-refractivity contribution in [2.75, 3.05) is 0 Å². The van der Waals surface area contributed by atoms with Gasteiger partial charge >= 0.3 is 0 Å². The number of hydrogen-bond donors (Lipinski definition) is 0. The van der Waals surface area contributed by atoms with E-state index in [1.807, 2.05) is 12.4 Å². The summed E-state index contributed by atoms with van der Waals surface area (Å²) >= 11 is 0. The number of pyridine rings is 1. The number of fused-ring (bicyclic) bond motifs is 11. The molecule has 1 aliphatic carbocycles. The van der Waals surface area contributed by atoms with Gasteiger partial charge in [-0.15, -0.1) is 0 Å². The highest BCUT2D eigenvalue weighted by Gasteiger charge is 2.40. The van der Waals surface area contributed by atoms with Crippen molar-refractivity contribution < 1.29 is 0 Å². The van der Waals surface area contributed by atoms with Crippen molar-refractivity contribution in [3.63, 3.8) is 0 Å². The Morgan fingerprint density at radius 2 is 1.44 bits per heavy atom. The van der Waals surface area contributed by atoms with Crippen LogP contribution >= 0.6 is 0 Å². The first-order chi connectivity index (χ1) is 17.6. The van der Waals surface area contributed by atoms with Gasteiger partial charge in [0.2, 0.25) is 0 Å². The minimum Gasteiger partial charge on any atom is -0.309 e. The van der Waals surface area contributed by atoms with Gasteiger partial charge in [-0.2, -0.15) is 0 Å². The molecule has 0 amide bonds. The lowest BCUT2D eigenvalue weighted by Crippen LogP contribution is -2.16. The molecule has 0 unspecified atom stereocenters. The summed E-state index contributed by atoms with van der Waals surface area (Å²) in [6, 6.07) is 35.7. The van der Waals surface area contributed by atoms with Crippen LogP contribution in [0.3, 0.4) is 0 Å². The lowest BCUT2D eigenvalue weighted by atomic mass is 9.80. The van der Waals surface area contributed by atoms with Gasteiger partial charge in [-0.25, -0.2) is 0 Å². The molecule has 7 aromatic rings. The van der Waals surface area contributed by atoms with E-state index in [2.05, 4.69) is 120 Å². The fourth-order valence-electron chi connectivity index (χ4n) is 6.67. The standard InChI is InChI=1S/C34H24N2/c1-34(2)28-13-7-5-11-26(28)30-24-9-3-4-10-25(24)31-27-12-6-8-14-29(27)36(33(31)32(30)34)23-16-15-22-20-35-18-17-21(22)19-23/h3-20H,1-2H3. The summed E-state index contributed by atoms with van der Waals surface area (Å²) in [5, 5.41) is 7.66. The summed E-state index contributed by atoms with van der Waals surface area (Å²) in [6.07, 6.45) is 3.82. The summed E-state index contributed by atoms with van der Waals surface area (Å²) in [6.45, 7) is 4.78. The zero-order valence-electron chi connectivity index (χ0n) is 20.3. The van der Waals surface area contributed by atoms with Gasteiger partial charge in [-0.1, -0.05) is 86.6 Å². The predicted molar refractivity (Wildman–Crippen MR) is 151 cm³/mol. The normalized spacial score (nSPS) is 14.1. The van der Waals surface area contributed by atoms with Gasteiger partial charge < -0.3 is 4.57 Å². The fraction of sp³-hybridized carbons (Fsp3) is 0.0882. The van der Waals surface area contributed by atoms with Crippen molar-refractivity contribution in [2.45, 2.75) is 19.3 Å². The van der Waals surface area contributed by atoms with Crippen LogP contribution in [0.1, 0.15) is 25.0 Å². The topological polar surface area (TPSA) is 17.8 Å². The molecule has 2 heteroatoms. The highest BCUT2D eigenvalue weighted by molar-refractivity contribution is 6.27. The second kappa shape index (κ2) is 6.83. The van der Waals surface area contributed by atoms with Gasteiger partial charge in [0.15, 0.2) is 0 Å². The molecule has 0 fully saturated rings. The van der Waals surface area contributed by atoms with Crippen molar-refractivity contribution >= 4 is 43.4 Å². The van der Waals surface area contributed by atoms with E-state index in [-0.39, 0.29) is 5.41 Å². The Bertz CT molecular complexity index is 2020. The third-order valence-corrected chi connectivity index (χ3v) is 8.20. The lowest BCUT2D eigenvalue weighted by molar-refractivity contribution is 0.664.